The molecule has 2 fully saturated rings. The first-order valence-electron chi connectivity index (χ1n) is 10.4. The molecule has 2 saturated heterocycles. The molecule has 2 aliphatic rings. The van der Waals surface area contributed by atoms with Gasteiger partial charge < -0.3 is 15.8 Å². The van der Waals surface area contributed by atoms with Gasteiger partial charge in [-0.15, -0.1) is 0 Å². The van der Waals surface area contributed by atoms with E-state index >= 15 is 0 Å². The van der Waals surface area contributed by atoms with Crippen molar-refractivity contribution in [2.45, 2.75) is 43.7 Å². The molecule has 2 aliphatic heterocycles. The maximum Gasteiger partial charge on any atom is 0.255 e. The zero-order chi connectivity index (χ0) is 21.3. The van der Waals surface area contributed by atoms with Gasteiger partial charge in [-0.05, 0) is 49.3 Å². The van der Waals surface area contributed by atoms with E-state index < -0.39 is 0 Å². The molecule has 0 saturated carbocycles. The lowest BCUT2D eigenvalue weighted by molar-refractivity contribution is 0.0704. The predicted molar refractivity (Wildman–Crippen MR) is 122 cm³/mol. The van der Waals surface area contributed by atoms with Gasteiger partial charge in [0.2, 0.25) is 0 Å². The number of anilines is 1. The monoisotopic (exact) mass is 447 g/mol. The molecule has 3 unspecified atom stereocenters. The van der Waals surface area contributed by atoms with E-state index in [4.69, 9.17) is 33.7 Å². The number of benzene rings is 2. The summed E-state index contributed by atoms with van der Waals surface area (Å²) in [5.74, 6) is 0.741. The fourth-order valence-electron chi connectivity index (χ4n) is 4.78. The van der Waals surface area contributed by atoms with Gasteiger partial charge in [0, 0.05) is 36.3 Å². The minimum atomic E-state index is -0.168. The van der Waals surface area contributed by atoms with Gasteiger partial charge in [0.25, 0.3) is 5.91 Å². The van der Waals surface area contributed by atoms with Gasteiger partial charge in [-0.3, -0.25) is 9.69 Å². The number of hydrogen-bond acceptors (Lipinski definition) is 4. The lowest BCUT2D eigenvalue weighted by atomic mass is 9.82. The van der Waals surface area contributed by atoms with Gasteiger partial charge >= 0.3 is 0 Å². The van der Waals surface area contributed by atoms with Crippen LogP contribution in [-0.2, 0) is 0 Å². The summed E-state index contributed by atoms with van der Waals surface area (Å²) >= 11 is 12.5. The normalized spacial score (nSPS) is 24.2. The third-order valence-electron chi connectivity index (χ3n) is 6.38. The van der Waals surface area contributed by atoms with Crippen molar-refractivity contribution in [3.8, 4) is 5.75 Å². The van der Waals surface area contributed by atoms with Gasteiger partial charge in [0.1, 0.15) is 5.75 Å². The van der Waals surface area contributed by atoms with Gasteiger partial charge in [-0.25, -0.2) is 0 Å². The Morgan fingerprint density at radius 1 is 1.17 bits per heavy atom. The van der Waals surface area contributed by atoms with Crippen LogP contribution in [0.5, 0.6) is 5.75 Å². The molecule has 2 aromatic carbocycles. The highest BCUT2D eigenvalue weighted by atomic mass is 35.5. The zero-order valence-electron chi connectivity index (χ0n) is 17.0. The topological polar surface area (TPSA) is 67.6 Å². The van der Waals surface area contributed by atoms with Crippen molar-refractivity contribution in [3.63, 3.8) is 0 Å². The first-order chi connectivity index (χ1) is 14.5. The molecule has 3 N–H and O–H groups in total. The molecule has 0 radical (unpaired) electrons. The third-order valence-corrected chi connectivity index (χ3v) is 7.06. The molecule has 7 heteroatoms. The molecule has 0 spiro atoms. The van der Waals surface area contributed by atoms with Crippen LogP contribution in [0.25, 0.3) is 0 Å². The molecule has 5 nitrogen and oxygen atoms in total. The van der Waals surface area contributed by atoms with Crippen LogP contribution < -0.4 is 15.8 Å². The molecule has 0 bridgehead atoms. The molecule has 1 amide bonds. The summed E-state index contributed by atoms with van der Waals surface area (Å²) in [6, 6.07) is 12.0. The first-order valence-corrected chi connectivity index (χ1v) is 11.1. The summed E-state index contributed by atoms with van der Waals surface area (Å²) in [6.45, 7) is 1.99. The molecular weight excluding hydrogens is 421 g/mol. The minimum absolute atomic E-state index is 0.136. The van der Waals surface area contributed by atoms with Crippen LogP contribution in [0, 0.1) is 0 Å². The van der Waals surface area contributed by atoms with Gasteiger partial charge in [-0.2, -0.15) is 0 Å². The highest BCUT2D eigenvalue weighted by Gasteiger charge is 2.35. The van der Waals surface area contributed by atoms with Crippen molar-refractivity contribution in [2.24, 2.45) is 0 Å². The van der Waals surface area contributed by atoms with Crippen molar-refractivity contribution < 1.29 is 9.53 Å². The summed E-state index contributed by atoms with van der Waals surface area (Å²) in [6.07, 6.45) is 4.10. The van der Waals surface area contributed by atoms with Crippen molar-refractivity contribution in [3.05, 3.63) is 57.6 Å². The smallest absolute Gasteiger partial charge is 0.255 e. The number of nitrogen functional groups attached to an aromatic ring is 1. The summed E-state index contributed by atoms with van der Waals surface area (Å²) in [5.41, 5.74) is 7.93. The van der Waals surface area contributed by atoms with Crippen LogP contribution in [0.3, 0.4) is 0 Å². The molecule has 2 aromatic rings. The van der Waals surface area contributed by atoms with E-state index in [9.17, 15) is 4.79 Å². The molecule has 30 heavy (non-hydrogen) atoms. The maximum absolute atomic E-state index is 12.9. The third kappa shape index (κ3) is 4.39. The Labute approximate surface area is 187 Å². The molecule has 3 atom stereocenters. The Kier molecular flexibility index (Phi) is 6.42. The van der Waals surface area contributed by atoms with Crippen LogP contribution in [-0.4, -0.2) is 43.1 Å². The molecule has 0 aliphatic carbocycles. The molecule has 160 valence electrons. The van der Waals surface area contributed by atoms with Crippen LogP contribution in [0.15, 0.2) is 36.4 Å². The number of rotatable bonds is 4. The molecule has 4 rings (SSSR count). The van der Waals surface area contributed by atoms with Crippen molar-refractivity contribution >= 4 is 34.8 Å². The maximum atomic E-state index is 12.9. The summed E-state index contributed by atoms with van der Waals surface area (Å²) in [4.78, 5) is 15.4. The number of nitrogens with one attached hydrogen (secondary N) is 1. The lowest BCUT2D eigenvalue weighted by Crippen LogP contribution is -2.52. The number of carbonyl (C=O) groups is 1. The fourth-order valence-corrected chi connectivity index (χ4v) is 5.22. The highest BCUT2D eigenvalue weighted by molar-refractivity contribution is 6.33. The quantitative estimate of drug-likeness (QED) is 0.664. The summed E-state index contributed by atoms with van der Waals surface area (Å²) in [5, 5.41) is 4.42. The number of nitrogens with two attached hydrogens (primary N) is 1. The Bertz CT molecular complexity index is 937. The minimum Gasteiger partial charge on any atom is -0.496 e. The average molecular weight is 448 g/mol. The summed E-state index contributed by atoms with van der Waals surface area (Å²) < 4.78 is 5.32. The van der Waals surface area contributed by atoms with Gasteiger partial charge in [0.15, 0.2) is 0 Å². The van der Waals surface area contributed by atoms with Crippen molar-refractivity contribution in [1.29, 1.82) is 0 Å². The van der Waals surface area contributed by atoms with Gasteiger partial charge in [0.05, 0.1) is 23.4 Å². The van der Waals surface area contributed by atoms with E-state index in [1.165, 1.54) is 12.7 Å². The van der Waals surface area contributed by atoms with E-state index in [2.05, 4.69) is 22.3 Å². The second-order valence-electron chi connectivity index (χ2n) is 8.21. The van der Waals surface area contributed by atoms with Crippen LogP contribution in [0.4, 0.5) is 5.69 Å². The SMILES string of the molecule is COc1cc(Cl)c(N)cc1C(=O)NC1CCN2CC(c3ccccc3Cl)CCC2C1. The second-order valence-corrected chi connectivity index (χ2v) is 9.03. The Morgan fingerprint density at radius 3 is 2.73 bits per heavy atom. The molecule has 0 aromatic heterocycles. The number of amides is 1. The van der Waals surface area contributed by atoms with Crippen LogP contribution in [0.2, 0.25) is 10.0 Å². The largest absolute Gasteiger partial charge is 0.496 e. The number of methoxy groups -OCH3 is 1. The molecule has 2 heterocycles. The Balaban J connectivity index is 1.39. The van der Waals surface area contributed by atoms with E-state index in [1.54, 1.807) is 12.1 Å². The number of halogens is 2. The number of ether oxygens (including phenoxy) is 1. The number of fused-ring (bicyclic) bond motifs is 1. The number of nitrogens with zero attached hydrogens (tertiary/aromatic N) is 1. The first kappa shape index (κ1) is 21.3. The standard InChI is InChI=1S/C23H27Cl2N3O2/c1-30-22-12-20(25)21(26)11-18(22)23(29)27-15-8-9-28-13-14(6-7-16(28)10-15)17-4-2-3-5-19(17)24/h2-5,11-12,14-16H,6-10,13,26H2,1H3,(H,27,29). The van der Waals surface area contributed by atoms with Crippen molar-refractivity contribution in [1.82, 2.24) is 10.2 Å². The Morgan fingerprint density at radius 2 is 1.97 bits per heavy atom. The number of carbonyl (C=O) groups excluding carboxylic acids is 1. The number of piperidine rings is 2. The van der Waals surface area contributed by atoms with E-state index in [0.29, 0.717) is 34.0 Å². The van der Waals surface area contributed by atoms with Crippen LogP contribution in [0.1, 0.15) is 47.5 Å². The Hall–Kier alpha value is -1.95. The number of hydrogen-bond donors (Lipinski definition) is 2. The van der Waals surface area contributed by atoms with Gasteiger partial charge in [-0.1, -0.05) is 41.4 Å². The van der Waals surface area contributed by atoms with Crippen molar-refractivity contribution in [2.75, 3.05) is 25.9 Å². The fraction of sp³-hybridized carbons (Fsp3) is 0.435. The zero-order valence-corrected chi connectivity index (χ0v) is 18.5. The van der Waals surface area contributed by atoms with E-state index in [-0.39, 0.29) is 11.9 Å². The molecular formula is C23H27Cl2N3O2. The lowest BCUT2D eigenvalue weighted by Gasteiger charge is -2.45. The van der Waals surface area contributed by atoms with E-state index in [1.807, 2.05) is 12.1 Å². The van der Waals surface area contributed by atoms with E-state index in [0.717, 1.165) is 43.8 Å². The highest BCUT2D eigenvalue weighted by Crippen LogP contribution is 2.37. The second kappa shape index (κ2) is 9.04. The van der Waals surface area contributed by atoms with Crippen LogP contribution >= 0.6 is 23.2 Å². The average Bonchev–Trinajstić information content (AvgIpc) is 2.75. The summed E-state index contributed by atoms with van der Waals surface area (Å²) in [7, 11) is 1.52. The predicted octanol–water partition coefficient (Wildman–Crippen LogP) is 4.72.